The number of aliphatic carboxylic acids is 1. The molecule has 100 valence electrons. The lowest BCUT2D eigenvalue weighted by atomic mass is 9.82. The van der Waals surface area contributed by atoms with E-state index in [-0.39, 0.29) is 5.92 Å². The van der Waals surface area contributed by atoms with E-state index in [1.165, 1.54) is 0 Å². The van der Waals surface area contributed by atoms with Crippen molar-refractivity contribution in [1.29, 1.82) is 5.26 Å². The number of carbonyl (C=O) groups is 1. The molecule has 1 aromatic rings. The minimum absolute atomic E-state index is 0.177. The summed E-state index contributed by atoms with van der Waals surface area (Å²) in [5.41, 5.74) is 1.16. The fourth-order valence-corrected chi connectivity index (χ4v) is 2.50. The average molecular weight is 259 g/mol. The molecule has 19 heavy (non-hydrogen) atoms. The number of nitriles is 1. The van der Waals surface area contributed by atoms with Crippen molar-refractivity contribution in [3.63, 3.8) is 0 Å². The normalized spacial score (nSPS) is 22.5. The topological polar surface area (TPSA) is 86.0 Å². The molecule has 0 aliphatic heterocycles. The Morgan fingerprint density at radius 2 is 2.21 bits per heavy atom. The standard InChI is InChI=1S/C14H17N3O2/c15-8-13-12(2-1-7-16-13)17-9-10-3-5-11(6-4-10)14(18)19/h1-2,7,10-11,17H,3-6,9H2,(H,18,19). The number of nitrogens with one attached hydrogen (secondary N) is 1. The third kappa shape index (κ3) is 3.44. The number of pyridine rings is 1. The molecule has 5 nitrogen and oxygen atoms in total. The monoisotopic (exact) mass is 259 g/mol. The van der Waals surface area contributed by atoms with E-state index >= 15 is 0 Å². The number of carboxylic acid groups (broad SMARTS) is 1. The highest BCUT2D eigenvalue weighted by atomic mass is 16.4. The Bertz CT molecular complexity index is 488. The quantitative estimate of drug-likeness (QED) is 0.866. The first-order valence-corrected chi connectivity index (χ1v) is 6.52. The zero-order chi connectivity index (χ0) is 13.7. The molecule has 2 rings (SSSR count). The van der Waals surface area contributed by atoms with Crippen LogP contribution >= 0.6 is 0 Å². The van der Waals surface area contributed by atoms with Crippen LogP contribution < -0.4 is 5.32 Å². The summed E-state index contributed by atoms with van der Waals surface area (Å²) in [6, 6.07) is 5.69. The minimum Gasteiger partial charge on any atom is -0.481 e. The molecule has 1 aromatic heterocycles. The van der Waals surface area contributed by atoms with Crippen LogP contribution in [0.2, 0.25) is 0 Å². The highest BCUT2D eigenvalue weighted by Gasteiger charge is 2.25. The van der Waals surface area contributed by atoms with E-state index < -0.39 is 5.97 Å². The zero-order valence-corrected chi connectivity index (χ0v) is 10.7. The van der Waals surface area contributed by atoms with Crippen LogP contribution in [-0.2, 0) is 4.79 Å². The summed E-state index contributed by atoms with van der Waals surface area (Å²) in [6.07, 6.45) is 4.94. The Morgan fingerprint density at radius 3 is 2.84 bits per heavy atom. The number of carboxylic acids is 1. The number of nitrogens with zero attached hydrogens (tertiary/aromatic N) is 2. The molecule has 0 saturated heterocycles. The first-order chi connectivity index (χ1) is 9.20. The van der Waals surface area contributed by atoms with Gasteiger partial charge in [0.2, 0.25) is 0 Å². The van der Waals surface area contributed by atoms with Crippen LogP contribution in [0.15, 0.2) is 18.3 Å². The van der Waals surface area contributed by atoms with Crippen LogP contribution in [-0.4, -0.2) is 22.6 Å². The van der Waals surface area contributed by atoms with Gasteiger partial charge in [-0.15, -0.1) is 0 Å². The van der Waals surface area contributed by atoms with Gasteiger partial charge in [-0.3, -0.25) is 4.79 Å². The smallest absolute Gasteiger partial charge is 0.306 e. The Morgan fingerprint density at radius 1 is 1.47 bits per heavy atom. The van der Waals surface area contributed by atoms with E-state index in [4.69, 9.17) is 10.4 Å². The van der Waals surface area contributed by atoms with E-state index in [9.17, 15) is 4.79 Å². The molecule has 0 unspecified atom stereocenters. The van der Waals surface area contributed by atoms with Crippen molar-refractivity contribution in [2.24, 2.45) is 11.8 Å². The molecule has 5 heteroatoms. The fraction of sp³-hybridized carbons (Fsp3) is 0.500. The largest absolute Gasteiger partial charge is 0.481 e. The van der Waals surface area contributed by atoms with Gasteiger partial charge in [-0.1, -0.05) is 0 Å². The number of anilines is 1. The van der Waals surface area contributed by atoms with Crippen molar-refractivity contribution in [1.82, 2.24) is 4.98 Å². The maximum Gasteiger partial charge on any atom is 0.306 e. The predicted octanol–water partition coefficient (Wildman–Crippen LogP) is 2.26. The summed E-state index contributed by atoms with van der Waals surface area (Å²) in [5.74, 6) is -0.378. The summed E-state index contributed by atoms with van der Waals surface area (Å²) >= 11 is 0. The van der Waals surface area contributed by atoms with Gasteiger partial charge in [-0.2, -0.15) is 5.26 Å². The molecule has 0 aromatic carbocycles. The van der Waals surface area contributed by atoms with Crippen LogP contribution in [0.5, 0.6) is 0 Å². The molecule has 0 amide bonds. The highest BCUT2D eigenvalue weighted by Crippen LogP contribution is 2.29. The summed E-state index contributed by atoms with van der Waals surface area (Å²) in [4.78, 5) is 14.9. The first-order valence-electron chi connectivity index (χ1n) is 6.52. The van der Waals surface area contributed by atoms with Gasteiger partial charge in [0.15, 0.2) is 5.69 Å². The van der Waals surface area contributed by atoms with Crippen LogP contribution in [0.25, 0.3) is 0 Å². The van der Waals surface area contributed by atoms with Crippen molar-refractivity contribution >= 4 is 11.7 Å². The third-order valence-electron chi connectivity index (χ3n) is 3.69. The second kappa shape index (κ2) is 6.19. The number of aromatic nitrogens is 1. The van der Waals surface area contributed by atoms with E-state index in [0.717, 1.165) is 37.9 Å². The molecule has 1 aliphatic rings. The average Bonchev–Trinajstić information content (AvgIpc) is 2.45. The van der Waals surface area contributed by atoms with Crippen molar-refractivity contribution in [3.05, 3.63) is 24.0 Å². The molecule has 1 heterocycles. The van der Waals surface area contributed by atoms with Crippen LogP contribution in [0.4, 0.5) is 5.69 Å². The molecule has 1 fully saturated rings. The molecular weight excluding hydrogens is 242 g/mol. The lowest BCUT2D eigenvalue weighted by molar-refractivity contribution is -0.143. The van der Waals surface area contributed by atoms with Gasteiger partial charge in [0.05, 0.1) is 11.6 Å². The highest BCUT2D eigenvalue weighted by molar-refractivity contribution is 5.70. The van der Waals surface area contributed by atoms with Gasteiger partial charge in [0.25, 0.3) is 0 Å². The van der Waals surface area contributed by atoms with Gasteiger partial charge >= 0.3 is 5.97 Å². The van der Waals surface area contributed by atoms with Crippen LogP contribution in [0, 0.1) is 23.2 Å². The second-order valence-corrected chi connectivity index (χ2v) is 4.95. The Labute approximate surface area is 112 Å². The minimum atomic E-state index is -0.676. The Balaban J connectivity index is 1.84. The predicted molar refractivity (Wildman–Crippen MR) is 70.5 cm³/mol. The van der Waals surface area contributed by atoms with E-state index in [1.807, 2.05) is 6.07 Å². The van der Waals surface area contributed by atoms with Crippen molar-refractivity contribution in [2.45, 2.75) is 25.7 Å². The maximum absolute atomic E-state index is 10.9. The SMILES string of the molecule is N#Cc1ncccc1NCC1CCC(C(=O)O)CC1. The molecule has 0 atom stereocenters. The molecule has 0 spiro atoms. The lowest BCUT2D eigenvalue weighted by Crippen LogP contribution is -2.25. The van der Waals surface area contributed by atoms with Gasteiger partial charge < -0.3 is 10.4 Å². The number of rotatable bonds is 4. The van der Waals surface area contributed by atoms with Gasteiger partial charge in [0, 0.05) is 12.7 Å². The maximum atomic E-state index is 10.9. The fourth-order valence-electron chi connectivity index (χ4n) is 2.50. The molecular formula is C14H17N3O2. The molecule has 0 bridgehead atoms. The second-order valence-electron chi connectivity index (χ2n) is 4.95. The molecule has 1 saturated carbocycles. The van der Waals surface area contributed by atoms with E-state index in [0.29, 0.717) is 11.6 Å². The van der Waals surface area contributed by atoms with Crippen molar-refractivity contribution < 1.29 is 9.90 Å². The van der Waals surface area contributed by atoms with E-state index in [2.05, 4.69) is 16.4 Å². The van der Waals surface area contributed by atoms with Crippen molar-refractivity contribution in [2.75, 3.05) is 11.9 Å². The van der Waals surface area contributed by atoms with Crippen molar-refractivity contribution in [3.8, 4) is 6.07 Å². The lowest BCUT2D eigenvalue weighted by Gasteiger charge is -2.26. The zero-order valence-electron chi connectivity index (χ0n) is 10.7. The summed E-state index contributed by atoms with van der Waals surface area (Å²) in [5, 5.41) is 21.1. The first kappa shape index (κ1) is 13.3. The number of hydrogen-bond acceptors (Lipinski definition) is 4. The number of hydrogen-bond donors (Lipinski definition) is 2. The van der Waals surface area contributed by atoms with E-state index in [1.54, 1.807) is 12.3 Å². The van der Waals surface area contributed by atoms with Crippen LogP contribution in [0.1, 0.15) is 31.4 Å². The molecule has 0 radical (unpaired) electrons. The summed E-state index contributed by atoms with van der Waals surface area (Å²) < 4.78 is 0. The summed E-state index contributed by atoms with van der Waals surface area (Å²) in [6.45, 7) is 0.771. The third-order valence-corrected chi connectivity index (χ3v) is 3.69. The Hall–Kier alpha value is -2.09. The van der Waals surface area contributed by atoms with Gasteiger partial charge in [0.1, 0.15) is 6.07 Å². The van der Waals surface area contributed by atoms with Gasteiger partial charge in [-0.05, 0) is 43.7 Å². The Kier molecular flexibility index (Phi) is 4.35. The molecule has 1 aliphatic carbocycles. The van der Waals surface area contributed by atoms with Crippen LogP contribution in [0.3, 0.4) is 0 Å². The summed E-state index contributed by atoms with van der Waals surface area (Å²) in [7, 11) is 0. The molecule has 2 N–H and O–H groups in total. The van der Waals surface area contributed by atoms with Gasteiger partial charge in [-0.25, -0.2) is 4.98 Å².